The van der Waals surface area contributed by atoms with E-state index in [0.29, 0.717) is 19.6 Å². The van der Waals surface area contributed by atoms with Crippen LogP contribution in [0.5, 0.6) is 0 Å². The molecule has 0 saturated carbocycles. The van der Waals surface area contributed by atoms with Gasteiger partial charge in [0.1, 0.15) is 5.82 Å². The van der Waals surface area contributed by atoms with Crippen molar-refractivity contribution in [3.05, 3.63) is 58.9 Å². The molecule has 1 heterocycles. The Hall–Kier alpha value is -2.00. The van der Waals surface area contributed by atoms with Gasteiger partial charge >= 0.3 is 0 Å². The van der Waals surface area contributed by atoms with E-state index in [2.05, 4.69) is 10.6 Å². The molecule has 30 heavy (non-hydrogen) atoms. The zero-order valence-corrected chi connectivity index (χ0v) is 18.3. The summed E-state index contributed by atoms with van der Waals surface area (Å²) in [5.41, 5.74) is 1.08. The summed E-state index contributed by atoms with van der Waals surface area (Å²) in [7, 11) is -3.63. The lowest BCUT2D eigenvalue weighted by molar-refractivity contribution is -0.117. The molecule has 1 atom stereocenters. The maximum atomic E-state index is 13.0. The lowest BCUT2D eigenvalue weighted by atomic mass is 10.2. The van der Waals surface area contributed by atoms with Crippen LogP contribution in [-0.4, -0.2) is 37.8 Å². The predicted molar refractivity (Wildman–Crippen MR) is 115 cm³/mol. The molecular weight excluding hydrogens is 429 g/mol. The standard InChI is InChI=1S/C21H25ClFN3O3S/c1-15(24-14-16-5-7-17(23)8-6-16)21(27)25-20-13-18(9-10-19(20)22)30(28,29)26-11-3-2-4-12-26/h5-10,13,15,24H,2-4,11-12,14H2,1H3,(H,25,27)/t15-/m1/s1. The summed E-state index contributed by atoms with van der Waals surface area (Å²) in [5, 5.41) is 6.00. The molecule has 2 N–H and O–H groups in total. The van der Waals surface area contributed by atoms with E-state index < -0.39 is 16.1 Å². The summed E-state index contributed by atoms with van der Waals surface area (Å²) in [6.07, 6.45) is 2.71. The van der Waals surface area contributed by atoms with Gasteiger partial charge in [-0.05, 0) is 55.7 Å². The van der Waals surface area contributed by atoms with Crippen molar-refractivity contribution >= 4 is 33.2 Å². The van der Waals surface area contributed by atoms with Crippen molar-refractivity contribution in [3.63, 3.8) is 0 Å². The molecule has 6 nitrogen and oxygen atoms in total. The summed E-state index contributed by atoms with van der Waals surface area (Å²) in [4.78, 5) is 12.7. The summed E-state index contributed by atoms with van der Waals surface area (Å²) in [5.74, 6) is -0.676. The Morgan fingerprint density at radius 3 is 2.47 bits per heavy atom. The molecule has 1 saturated heterocycles. The van der Waals surface area contributed by atoms with Gasteiger partial charge in [0, 0.05) is 19.6 Å². The minimum atomic E-state index is -3.63. The van der Waals surface area contributed by atoms with Gasteiger partial charge in [0.15, 0.2) is 0 Å². The third-order valence-electron chi connectivity index (χ3n) is 5.07. The Morgan fingerprint density at radius 1 is 1.13 bits per heavy atom. The number of hydrogen-bond acceptors (Lipinski definition) is 4. The van der Waals surface area contributed by atoms with Crippen LogP contribution < -0.4 is 10.6 Å². The van der Waals surface area contributed by atoms with Crippen LogP contribution in [0.25, 0.3) is 0 Å². The van der Waals surface area contributed by atoms with Gasteiger partial charge in [0.25, 0.3) is 0 Å². The van der Waals surface area contributed by atoms with Crippen LogP contribution in [0.3, 0.4) is 0 Å². The molecule has 2 aromatic rings. The minimum absolute atomic E-state index is 0.107. The van der Waals surface area contributed by atoms with E-state index in [1.807, 2.05) is 0 Å². The van der Waals surface area contributed by atoms with E-state index >= 15 is 0 Å². The number of rotatable bonds is 7. The maximum Gasteiger partial charge on any atom is 0.243 e. The number of carbonyl (C=O) groups is 1. The van der Waals surface area contributed by atoms with Crippen LogP contribution in [0.4, 0.5) is 10.1 Å². The maximum absolute atomic E-state index is 13.0. The van der Waals surface area contributed by atoms with E-state index in [0.717, 1.165) is 24.8 Å². The molecule has 0 radical (unpaired) electrons. The van der Waals surface area contributed by atoms with Crippen molar-refractivity contribution in [1.29, 1.82) is 0 Å². The first kappa shape index (κ1) is 22.7. The lowest BCUT2D eigenvalue weighted by Crippen LogP contribution is -2.38. The largest absolute Gasteiger partial charge is 0.323 e. The normalized spacial score (nSPS) is 16.2. The number of carbonyl (C=O) groups excluding carboxylic acids is 1. The van der Waals surface area contributed by atoms with Crippen LogP contribution in [0.15, 0.2) is 47.4 Å². The van der Waals surface area contributed by atoms with E-state index in [4.69, 9.17) is 11.6 Å². The first-order valence-corrected chi connectivity index (χ1v) is 11.7. The molecule has 1 amide bonds. The first-order valence-electron chi connectivity index (χ1n) is 9.86. The Kier molecular flexibility index (Phi) is 7.46. The topological polar surface area (TPSA) is 78.5 Å². The number of amides is 1. The first-order chi connectivity index (χ1) is 14.3. The van der Waals surface area contributed by atoms with Gasteiger partial charge in [0.2, 0.25) is 15.9 Å². The third kappa shape index (κ3) is 5.57. The summed E-state index contributed by atoms with van der Waals surface area (Å²) < 4.78 is 40.2. The van der Waals surface area contributed by atoms with E-state index in [1.54, 1.807) is 19.1 Å². The van der Waals surface area contributed by atoms with Gasteiger partial charge in [-0.15, -0.1) is 0 Å². The van der Waals surface area contributed by atoms with Gasteiger partial charge in [0.05, 0.1) is 21.6 Å². The summed E-state index contributed by atoms with van der Waals surface area (Å²) in [6, 6.07) is 9.75. The van der Waals surface area contributed by atoms with Crippen LogP contribution in [-0.2, 0) is 21.4 Å². The second-order valence-electron chi connectivity index (χ2n) is 7.32. The molecule has 0 aromatic heterocycles. The Labute approximate surface area is 181 Å². The van der Waals surface area contributed by atoms with Gasteiger partial charge < -0.3 is 10.6 Å². The number of benzene rings is 2. The number of piperidine rings is 1. The fourth-order valence-electron chi connectivity index (χ4n) is 3.22. The zero-order chi connectivity index (χ0) is 21.7. The Balaban J connectivity index is 1.67. The molecule has 0 bridgehead atoms. The molecule has 0 aliphatic carbocycles. The van der Waals surface area contributed by atoms with Crippen molar-refractivity contribution in [3.8, 4) is 0 Å². The van der Waals surface area contributed by atoms with Crippen LogP contribution >= 0.6 is 11.6 Å². The van der Waals surface area contributed by atoms with Crippen molar-refractivity contribution in [2.75, 3.05) is 18.4 Å². The molecule has 1 aliphatic rings. The number of halogens is 2. The Morgan fingerprint density at radius 2 is 1.80 bits per heavy atom. The second-order valence-corrected chi connectivity index (χ2v) is 9.67. The van der Waals surface area contributed by atoms with Crippen molar-refractivity contribution in [2.45, 2.75) is 43.7 Å². The van der Waals surface area contributed by atoms with Gasteiger partial charge in [-0.2, -0.15) is 4.31 Å². The number of nitrogens with one attached hydrogen (secondary N) is 2. The fraction of sp³-hybridized carbons (Fsp3) is 0.381. The summed E-state index contributed by atoms with van der Waals surface area (Å²) in [6.45, 7) is 3.06. The highest BCUT2D eigenvalue weighted by Gasteiger charge is 2.27. The average Bonchev–Trinajstić information content (AvgIpc) is 2.75. The van der Waals surface area contributed by atoms with Crippen LogP contribution in [0.2, 0.25) is 5.02 Å². The molecule has 0 spiro atoms. The number of anilines is 1. The quantitative estimate of drug-likeness (QED) is 0.668. The van der Waals surface area contributed by atoms with E-state index in [1.165, 1.54) is 34.6 Å². The smallest absolute Gasteiger partial charge is 0.243 e. The average molecular weight is 454 g/mol. The van der Waals surface area contributed by atoms with Crippen molar-refractivity contribution in [2.24, 2.45) is 0 Å². The molecule has 2 aromatic carbocycles. The summed E-state index contributed by atoms with van der Waals surface area (Å²) >= 11 is 6.19. The second kappa shape index (κ2) is 9.87. The third-order valence-corrected chi connectivity index (χ3v) is 7.29. The molecule has 3 rings (SSSR count). The van der Waals surface area contributed by atoms with E-state index in [9.17, 15) is 17.6 Å². The number of hydrogen-bond donors (Lipinski definition) is 2. The highest BCUT2D eigenvalue weighted by Crippen LogP contribution is 2.28. The van der Waals surface area contributed by atoms with Crippen LogP contribution in [0.1, 0.15) is 31.7 Å². The fourth-order valence-corrected chi connectivity index (χ4v) is 4.93. The Bertz CT molecular complexity index is 993. The van der Waals surface area contributed by atoms with Gasteiger partial charge in [-0.1, -0.05) is 30.2 Å². The predicted octanol–water partition coefficient (Wildman–Crippen LogP) is 3.77. The molecule has 0 unspecified atom stereocenters. The molecule has 162 valence electrons. The zero-order valence-electron chi connectivity index (χ0n) is 16.7. The van der Waals surface area contributed by atoms with Gasteiger partial charge in [-0.3, -0.25) is 4.79 Å². The highest BCUT2D eigenvalue weighted by atomic mass is 35.5. The van der Waals surface area contributed by atoms with Crippen molar-refractivity contribution in [1.82, 2.24) is 9.62 Å². The van der Waals surface area contributed by atoms with Crippen molar-refractivity contribution < 1.29 is 17.6 Å². The molecule has 9 heteroatoms. The lowest BCUT2D eigenvalue weighted by Gasteiger charge is -2.26. The monoisotopic (exact) mass is 453 g/mol. The highest BCUT2D eigenvalue weighted by molar-refractivity contribution is 7.89. The number of sulfonamides is 1. The molecular formula is C21H25ClFN3O3S. The number of nitrogens with zero attached hydrogens (tertiary/aromatic N) is 1. The SMILES string of the molecule is C[C@@H](NCc1ccc(F)cc1)C(=O)Nc1cc(S(=O)(=O)N2CCCCC2)ccc1Cl. The minimum Gasteiger partial charge on any atom is -0.323 e. The molecule has 1 fully saturated rings. The molecule has 1 aliphatic heterocycles. The van der Waals surface area contributed by atoms with Gasteiger partial charge in [-0.25, -0.2) is 12.8 Å². The van der Waals surface area contributed by atoms with Crippen LogP contribution in [0, 0.1) is 5.82 Å². The van der Waals surface area contributed by atoms with E-state index in [-0.39, 0.29) is 27.3 Å².